The zero-order valence-corrected chi connectivity index (χ0v) is 15.2. The number of anilines is 1. The molecule has 3 heterocycles. The van der Waals surface area contributed by atoms with Gasteiger partial charge in [0.25, 0.3) is 5.91 Å². The van der Waals surface area contributed by atoms with Gasteiger partial charge in [0.05, 0.1) is 12.2 Å². The van der Waals surface area contributed by atoms with Crippen LogP contribution in [0.25, 0.3) is 10.8 Å². The average molecular weight is 377 g/mol. The van der Waals surface area contributed by atoms with Crippen LogP contribution in [-0.2, 0) is 6.54 Å². The second kappa shape index (κ2) is 7.42. The van der Waals surface area contributed by atoms with Crippen molar-refractivity contribution >= 4 is 23.2 Å². The van der Waals surface area contributed by atoms with E-state index in [0.29, 0.717) is 27.9 Å². The van der Waals surface area contributed by atoms with E-state index in [1.807, 2.05) is 30.3 Å². The van der Waals surface area contributed by atoms with Crippen molar-refractivity contribution in [2.24, 2.45) is 0 Å². The normalized spacial score (nSPS) is 10.7. The van der Waals surface area contributed by atoms with Gasteiger partial charge in [0.2, 0.25) is 5.95 Å². The van der Waals surface area contributed by atoms with Crippen LogP contribution in [0, 0.1) is 6.92 Å². The smallest absolute Gasteiger partial charge is 0.270 e. The molecule has 0 radical (unpaired) electrons. The van der Waals surface area contributed by atoms with Crippen LogP contribution in [0.15, 0.2) is 55.1 Å². The average Bonchev–Trinajstić information content (AvgIpc) is 3.29. The Bertz CT molecular complexity index is 1060. The third kappa shape index (κ3) is 3.87. The number of amides is 1. The van der Waals surface area contributed by atoms with Crippen molar-refractivity contribution in [3.63, 3.8) is 0 Å². The first-order valence-electron chi connectivity index (χ1n) is 8.18. The third-order valence-electron chi connectivity index (χ3n) is 3.71. The van der Waals surface area contributed by atoms with E-state index in [0.717, 1.165) is 5.56 Å². The van der Waals surface area contributed by atoms with Gasteiger partial charge in [-0.2, -0.15) is 0 Å². The first-order chi connectivity index (χ1) is 13.2. The Morgan fingerprint density at radius 1 is 1.11 bits per heavy atom. The summed E-state index contributed by atoms with van der Waals surface area (Å²) in [6.07, 6.45) is 4.87. The van der Waals surface area contributed by atoms with E-state index in [4.69, 9.17) is 0 Å². The quantitative estimate of drug-likeness (QED) is 0.574. The summed E-state index contributed by atoms with van der Waals surface area (Å²) in [4.78, 5) is 29.9. The number of thiazole rings is 1. The maximum Gasteiger partial charge on any atom is 0.270 e. The number of aromatic nitrogens is 6. The molecule has 0 bridgehead atoms. The Morgan fingerprint density at radius 3 is 2.67 bits per heavy atom. The van der Waals surface area contributed by atoms with Crippen LogP contribution in [0.1, 0.15) is 20.9 Å². The van der Waals surface area contributed by atoms with Crippen LogP contribution in [0.3, 0.4) is 0 Å². The highest BCUT2D eigenvalue weighted by Gasteiger charge is 2.18. The Hall–Kier alpha value is -3.46. The minimum absolute atomic E-state index is 0.251. The number of nitrogens with one attached hydrogen (secondary N) is 1. The summed E-state index contributed by atoms with van der Waals surface area (Å²) in [6, 6.07) is 11.6. The highest BCUT2D eigenvalue weighted by atomic mass is 32.1. The summed E-state index contributed by atoms with van der Waals surface area (Å²) in [6.45, 7) is 2.36. The number of nitrogens with zero attached hydrogens (tertiary/aromatic N) is 6. The molecule has 8 nitrogen and oxygen atoms in total. The molecule has 0 unspecified atom stereocenters. The minimum atomic E-state index is -0.301. The summed E-state index contributed by atoms with van der Waals surface area (Å²) < 4.78 is 1.67. The fourth-order valence-electron chi connectivity index (χ4n) is 2.47. The lowest BCUT2D eigenvalue weighted by molar-refractivity contribution is 0.102. The Balaban J connectivity index is 1.48. The van der Waals surface area contributed by atoms with Gasteiger partial charge in [-0.15, -0.1) is 16.4 Å². The van der Waals surface area contributed by atoms with Crippen LogP contribution >= 0.6 is 11.3 Å². The van der Waals surface area contributed by atoms with Crippen LogP contribution in [-0.4, -0.2) is 35.6 Å². The number of rotatable bonds is 5. The monoisotopic (exact) mass is 377 g/mol. The molecule has 134 valence electrons. The molecule has 1 N–H and O–H groups in total. The summed E-state index contributed by atoms with van der Waals surface area (Å²) in [7, 11) is 0. The predicted octanol–water partition coefficient (Wildman–Crippen LogP) is 2.80. The molecular weight excluding hydrogens is 362 g/mol. The molecule has 0 saturated heterocycles. The predicted molar refractivity (Wildman–Crippen MR) is 101 cm³/mol. The van der Waals surface area contributed by atoms with E-state index < -0.39 is 0 Å². The van der Waals surface area contributed by atoms with E-state index >= 15 is 0 Å². The van der Waals surface area contributed by atoms with Gasteiger partial charge in [-0.05, 0) is 18.6 Å². The highest BCUT2D eigenvalue weighted by molar-refractivity contribution is 7.17. The van der Waals surface area contributed by atoms with Crippen LogP contribution < -0.4 is 5.32 Å². The molecule has 27 heavy (non-hydrogen) atoms. The second-order valence-electron chi connectivity index (χ2n) is 5.71. The second-order valence-corrected chi connectivity index (χ2v) is 6.71. The van der Waals surface area contributed by atoms with Crippen molar-refractivity contribution in [1.82, 2.24) is 29.7 Å². The molecule has 1 amide bonds. The van der Waals surface area contributed by atoms with Gasteiger partial charge in [-0.1, -0.05) is 30.3 Å². The first-order valence-corrected chi connectivity index (χ1v) is 9.00. The molecule has 0 fully saturated rings. The van der Waals surface area contributed by atoms with Gasteiger partial charge in [-0.25, -0.2) is 24.6 Å². The summed E-state index contributed by atoms with van der Waals surface area (Å²) in [5, 5.41) is 7.61. The van der Waals surface area contributed by atoms with Gasteiger partial charge in [0.15, 0.2) is 10.8 Å². The molecule has 1 aromatic carbocycles. The number of carbonyl (C=O) groups excluding carboxylic acids is 1. The fraction of sp³-hybridized carbons (Fsp3) is 0.111. The maximum atomic E-state index is 12.6. The van der Waals surface area contributed by atoms with Crippen molar-refractivity contribution in [2.45, 2.75) is 13.5 Å². The van der Waals surface area contributed by atoms with Crippen LogP contribution in [0.5, 0.6) is 0 Å². The molecule has 0 aliphatic heterocycles. The van der Waals surface area contributed by atoms with Gasteiger partial charge < -0.3 is 0 Å². The fourth-order valence-corrected chi connectivity index (χ4v) is 3.38. The minimum Gasteiger partial charge on any atom is -0.288 e. The highest BCUT2D eigenvalue weighted by Crippen LogP contribution is 2.25. The molecule has 9 heteroatoms. The van der Waals surface area contributed by atoms with Crippen molar-refractivity contribution < 1.29 is 4.79 Å². The number of benzene rings is 1. The standard InChI is InChI=1S/C18H15N7OS/c1-12-14(27-17(22-12)15-19-8-5-9-20-15)16(26)23-18-21-11-25(24-18)10-13-6-3-2-4-7-13/h2-9,11H,10H2,1H3,(H,23,24,26). The van der Waals surface area contributed by atoms with Crippen molar-refractivity contribution in [3.8, 4) is 10.8 Å². The Labute approximate surface area is 159 Å². The van der Waals surface area contributed by atoms with Gasteiger partial charge in [-0.3, -0.25) is 10.1 Å². The largest absolute Gasteiger partial charge is 0.288 e. The number of hydrogen-bond acceptors (Lipinski definition) is 7. The number of aryl methyl sites for hydroxylation is 1. The molecule has 0 aliphatic carbocycles. The summed E-state index contributed by atoms with van der Waals surface area (Å²) in [5.74, 6) is 0.445. The number of hydrogen-bond donors (Lipinski definition) is 1. The van der Waals surface area contributed by atoms with E-state index in [-0.39, 0.29) is 11.9 Å². The maximum absolute atomic E-state index is 12.6. The molecule has 3 aromatic heterocycles. The third-order valence-corrected chi connectivity index (χ3v) is 4.86. The van der Waals surface area contributed by atoms with E-state index in [1.165, 1.54) is 11.3 Å². The Kier molecular flexibility index (Phi) is 4.67. The summed E-state index contributed by atoms with van der Waals surface area (Å²) >= 11 is 1.24. The molecule has 0 saturated carbocycles. The molecule has 4 rings (SSSR count). The number of carbonyl (C=O) groups is 1. The molecule has 0 atom stereocenters. The van der Waals surface area contributed by atoms with Gasteiger partial charge >= 0.3 is 0 Å². The van der Waals surface area contributed by atoms with Gasteiger partial charge in [0, 0.05) is 12.4 Å². The lowest BCUT2D eigenvalue weighted by atomic mass is 10.2. The zero-order chi connectivity index (χ0) is 18.6. The van der Waals surface area contributed by atoms with Crippen molar-refractivity contribution in [1.29, 1.82) is 0 Å². The Morgan fingerprint density at radius 2 is 1.89 bits per heavy atom. The molecule has 0 spiro atoms. The van der Waals surface area contributed by atoms with Crippen molar-refractivity contribution in [3.05, 3.63) is 71.3 Å². The molecular formula is C18H15N7OS. The molecule has 0 aliphatic rings. The lowest BCUT2D eigenvalue weighted by Gasteiger charge is -2.00. The molecule has 4 aromatic rings. The van der Waals surface area contributed by atoms with Crippen molar-refractivity contribution in [2.75, 3.05) is 5.32 Å². The van der Waals surface area contributed by atoms with Gasteiger partial charge in [0.1, 0.15) is 11.2 Å². The van der Waals surface area contributed by atoms with E-state index in [1.54, 1.807) is 36.4 Å². The topological polar surface area (TPSA) is 98.5 Å². The van der Waals surface area contributed by atoms with Crippen LogP contribution in [0.4, 0.5) is 5.95 Å². The SMILES string of the molecule is Cc1nc(-c2ncccn2)sc1C(=O)Nc1ncn(Cc2ccccc2)n1. The first kappa shape index (κ1) is 17.0. The van der Waals surface area contributed by atoms with Crippen LogP contribution in [0.2, 0.25) is 0 Å². The van der Waals surface area contributed by atoms with E-state index in [2.05, 4.69) is 30.4 Å². The van der Waals surface area contributed by atoms with E-state index in [9.17, 15) is 4.79 Å². The summed E-state index contributed by atoms with van der Waals surface area (Å²) in [5.41, 5.74) is 1.72. The lowest BCUT2D eigenvalue weighted by Crippen LogP contribution is -2.13. The zero-order valence-electron chi connectivity index (χ0n) is 14.4.